The van der Waals surface area contributed by atoms with Crippen LogP contribution in [0.15, 0.2) is 58.7 Å². The standard InChI is InChI=1S/C23H26F2N4S.C2H6/c1-16-3-2-4-19(13-16)29(30-20-9-11-26-12-10-20)15-17-5-7-18(8-6-17)21-14-22(23(24)25)28-27-21;1-2/h2-8,13,20,23,26H,9-12,14-15H2,1H3;1-2H3. The molecule has 0 amide bonds. The molecule has 4 nitrogen and oxygen atoms in total. The Morgan fingerprint density at radius 3 is 2.41 bits per heavy atom. The normalized spacial score (nSPS) is 16.3. The summed E-state index contributed by atoms with van der Waals surface area (Å²) in [5.41, 5.74) is 4.93. The second-order valence-electron chi connectivity index (χ2n) is 7.74. The average Bonchev–Trinajstić information content (AvgIpc) is 3.32. The summed E-state index contributed by atoms with van der Waals surface area (Å²) in [7, 11) is 0. The molecule has 2 aliphatic heterocycles. The van der Waals surface area contributed by atoms with Crippen LogP contribution in [0.3, 0.4) is 0 Å². The first-order chi connectivity index (χ1) is 15.6. The Hall–Kier alpha value is -2.25. The number of nitrogens with zero attached hydrogens (tertiary/aromatic N) is 3. The van der Waals surface area contributed by atoms with Gasteiger partial charge in [0.05, 0.1) is 12.3 Å². The van der Waals surface area contributed by atoms with E-state index in [1.165, 1.54) is 16.8 Å². The lowest BCUT2D eigenvalue weighted by atomic mass is 10.0. The highest BCUT2D eigenvalue weighted by atomic mass is 32.2. The maximum absolute atomic E-state index is 12.8. The van der Waals surface area contributed by atoms with E-state index in [-0.39, 0.29) is 12.1 Å². The van der Waals surface area contributed by atoms with Gasteiger partial charge in [0.15, 0.2) is 0 Å². The Balaban J connectivity index is 0.00000141. The molecule has 1 N–H and O–H groups in total. The maximum atomic E-state index is 12.8. The number of anilines is 1. The third-order valence-electron chi connectivity index (χ3n) is 5.37. The Morgan fingerprint density at radius 1 is 1.06 bits per heavy atom. The van der Waals surface area contributed by atoms with E-state index in [9.17, 15) is 8.78 Å². The van der Waals surface area contributed by atoms with Crippen molar-refractivity contribution in [1.82, 2.24) is 5.32 Å². The van der Waals surface area contributed by atoms with Crippen LogP contribution in [0, 0.1) is 6.92 Å². The smallest absolute Gasteiger partial charge is 0.278 e. The SMILES string of the molecule is CC.Cc1cccc(N(Cc2ccc(C3=NN=C(C(F)F)C3)cc2)SC2CCNCC2)c1. The second-order valence-corrected chi connectivity index (χ2v) is 9.06. The van der Waals surface area contributed by atoms with Gasteiger partial charge in [-0.25, -0.2) is 8.78 Å². The molecular weight excluding hydrogens is 426 g/mol. The number of hydrogen-bond acceptors (Lipinski definition) is 5. The monoisotopic (exact) mass is 458 g/mol. The van der Waals surface area contributed by atoms with Crippen molar-refractivity contribution in [2.75, 3.05) is 17.4 Å². The first-order valence-corrected chi connectivity index (χ1v) is 12.1. The molecule has 0 aromatic heterocycles. The van der Waals surface area contributed by atoms with Gasteiger partial charge in [-0.2, -0.15) is 10.2 Å². The minimum Gasteiger partial charge on any atom is -0.317 e. The number of piperidine rings is 1. The van der Waals surface area contributed by atoms with E-state index in [0.29, 0.717) is 11.0 Å². The van der Waals surface area contributed by atoms with Gasteiger partial charge in [-0.3, -0.25) is 0 Å². The third-order valence-corrected chi connectivity index (χ3v) is 6.73. The molecule has 4 rings (SSSR count). The van der Waals surface area contributed by atoms with Crippen LogP contribution in [0.25, 0.3) is 0 Å². The van der Waals surface area contributed by atoms with Crippen LogP contribution in [-0.4, -0.2) is 36.2 Å². The molecule has 0 saturated carbocycles. The molecule has 0 aliphatic carbocycles. The van der Waals surface area contributed by atoms with Gasteiger partial charge in [-0.05, 0) is 73.6 Å². The fourth-order valence-corrected chi connectivity index (χ4v) is 4.93. The zero-order chi connectivity index (χ0) is 22.9. The molecule has 0 unspecified atom stereocenters. The van der Waals surface area contributed by atoms with E-state index >= 15 is 0 Å². The fraction of sp³-hybridized carbons (Fsp3) is 0.440. The summed E-state index contributed by atoms with van der Waals surface area (Å²) in [4.78, 5) is 0. The first kappa shape index (κ1) is 24.4. The summed E-state index contributed by atoms with van der Waals surface area (Å²) in [6, 6.07) is 16.6. The summed E-state index contributed by atoms with van der Waals surface area (Å²) in [6.45, 7) is 9.03. The van der Waals surface area contributed by atoms with Crippen molar-refractivity contribution >= 4 is 29.1 Å². The highest BCUT2D eigenvalue weighted by molar-refractivity contribution is 8.01. The van der Waals surface area contributed by atoms with E-state index in [0.717, 1.165) is 38.0 Å². The second kappa shape index (κ2) is 12.1. The molecule has 2 aromatic carbocycles. The largest absolute Gasteiger partial charge is 0.317 e. The molecule has 32 heavy (non-hydrogen) atoms. The molecule has 172 valence electrons. The third kappa shape index (κ3) is 6.62. The Kier molecular flexibility index (Phi) is 9.23. The first-order valence-electron chi connectivity index (χ1n) is 11.3. The van der Waals surface area contributed by atoms with Crippen molar-refractivity contribution in [2.45, 2.75) is 58.3 Å². The molecule has 2 heterocycles. The number of nitrogens with one attached hydrogen (secondary N) is 1. The van der Waals surface area contributed by atoms with Gasteiger partial charge >= 0.3 is 0 Å². The number of aryl methyl sites for hydroxylation is 1. The Bertz CT molecular complexity index is 922. The topological polar surface area (TPSA) is 40.0 Å². The summed E-state index contributed by atoms with van der Waals surface area (Å²) < 4.78 is 28.0. The number of benzene rings is 2. The lowest BCUT2D eigenvalue weighted by molar-refractivity contribution is 0.224. The van der Waals surface area contributed by atoms with Crippen molar-refractivity contribution in [3.63, 3.8) is 0 Å². The Morgan fingerprint density at radius 2 is 1.78 bits per heavy atom. The van der Waals surface area contributed by atoms with Crippen molar-refractivity contribution in [3.05, 3.63) is 65.2 Å². The number of alkyl halides is 2. The van der Waals surface area contributed by atoms with Crippen LogP contribution < -0.4 is 9.62 Å². The van der Waals surface area contributed by atoms with Crippen molar-refractivity contribution < 1.29 is 8.78 Å². The van der Waals surface area contributed by atoms with Crippen LogP contribution in [-0.2, 0) is 6.54 Å². The van der Waals surface area contributed by atoms with Gasteiger partial charge in [-0.1, -0.05) is 50.2 Å². The molecule has 2 aliphatic rings. The van der Waals surface area contributed by atoms with Crippen LogP contribution in [0.2, 0.25) is 0 Å². The quantitative estimate of drug-likeness (QED) is 0.499. The minimum atomic E-state index is -2.54. The van der Waals surface area contributed by atoms with Gasteiger partial charge in [0.2, 0.25) is 0 Å². The van der Waals surface area contributed by atoms with E-state index in [2.05, 4.69) is 63.1 Å². The number of hydrogen-bond donors (Lipinski definition) is 1. The van der Waals surface area contributed by atoms with E-state index < -0.39 is 6.43 Å². The lowest BCUT2D eigenvalue weighted by Gasteiger charge is -2.30. The predicted molar refractivity (Wildman–Crippen MR) is 133 cm³/mol. The number of halogens is 2. The number of rotatable bonds is 7. The summed E-state index contributed by atoms with van der Waals surface area (Å²) >= 11 is 1.92. The van der Waals surface area contributed by atoms with E-state index in [4.69, 9.17) is 0 Å². The molecule has 0 spiro atoms. The highest BCUT2D eigenvalue weighted by Gasteiger charge is 2.22. The molecule has 1 saturated heterocycles. The molecular formula is C25H32F2N4S. The molecule has 0 bridgehead atoms. The molecule has 0 atom stereocenters. The van der Waals surface area contributed by atoms with E-state index in [1.54, 1.807) is 0 Å². The maximum Gasteiger partial charge on any atom is 0.278 e. The van der Waals surface area contributed by atoms with Gasteiger partial charge in [-0.15, -0.1) is 0 Å². The molecule has 2 aromatic rings. The fourth-order valence-electron chi connectivity index (χ4n) is 3.67. The van der Waals surface area contributed by atoms with Gasteiger partial charge in [0.25, 0.3) is 6.43 Å². The van der Waals surface area contributed by atoms with Crippen molar-refractivity contribution in [3.8, 4) is 0 Å². The molecule has 1 fully saturated rings. The zero-order valence-corrected chi connectivity index (χ0v) is 19.8. The van der Waals surface area contributed by atoms with Crippen LogP contribution >= 0.6 is 11.9 Å². The van der Waals surface area contributed by atoms with Gasteiger partial charge in [0, 0.05) is 17.4 Å². The molecule has 7 heteroatoms. The van der Waals surface area contributed by atoms with Gasteiger partial charge in [0.1, 0.15) is 5.71 Å². The average molecular weight is 459 g/mol. The molecule has 0 radical (unpaired) electrons. The van der Waals surface area contributed by atoms with Crippen LogP contribution in [0.5, 0.6) is 0 Å². The van der Waals surface area contributed by atoms with E-state index in [1.807, 2.05) is 37.9 Å². The predicted octanol–water partition coefficient (Wildman–Crippen LogP) is 6.24. The summed E-state index contributed by atoms with van der Waals surface area (Å²) in [5, 5.41) is 11.6. The van der Waals surface area contributed by atoms with Crippen molar-refractivity contribution in [2.24, 2.45) is 10.2 Å². The summed E-state index contributed by atoms with van der Waals surface area (Å²) in [5.74, 6) is 0. The van der Waals surface area contributed by atoms with Gasteiger partial charge < -0.3 is 9.62 Å². The minimum absolute atomic E-state index is 0.123. The van der Waals surface area contributed by atoms with Crippen LogP contribution in [0.1, 0.15) is 49.8 Å². The summed E-state index contributed by atoms with van der Waals surface area (Å²) in [6.07, 6.45) is -0.0885. The van der Waals surface area contributed by atoms with Crippen LogP contribution in [0.4, 0.5) is 14.5 Å². The zero-order valence-electron chi connectivity index (χ0n) is 19.0. The highest BCUT2D eigenvalue weighted by Crippen LogP contribution is 2.32. The van der Waals surface area contributed by atoms with Crippen molar-refractivity contribution in [1.29, 1.82) is 0 Å². The Labute approximate surface area is 194 Å². The lowest BCUT2D eigenvalue weighted by Crippen LogP contribution is -2.31.